The van der Waals surface area contributed by atoms with Gasteiger partial charge in [-0.1, -0.05) is 0 Å². The highest BCUT2D eigenvalue weighted by Gasteiger charge is 2.46. The lowest BCUT2D eigenvalue weighted by Gasteiger charge is -2.34. The van der Waals surface area contributed by atoms with Gasteiger partial charge in [-0.3, -0.25) is 14.3 Å². The van der Waals surface area contributed by atoms with Crippen LogP contribution in [0, 0.1) is 0 Å². The Hall–Kier alpha value is -1.86. The molecule has 1 fully saturated rings. The van der Waals surface area contributed by atoms with Gasteiger partial charge in [0.1, 0.15) is 18.3 Å². The second-order valence-electron chi connectivity index (χ2n) is 5.03. The Bertz CT molecular complexity index is 861. The standard InChI is InChI=1S/C10H14N5O8P/c11-10-13-7-4(8(18)14-10)12-2-15(7)9-6(23-24(19,20)21)5(17)3(1-16)22-9/h2-3,5-6,9,16-17H,1H2,(H2,19,20,21)(H3,11,13,14,18)/p-2/t3-,5-,6-,9-/m1/s1. The molecule has 3 heterocycles. The van der Waals surface area contributed by atoms with E-state index in [1.807, 2.05) is 0 Å². The highest BCUT2D eigenvalue weighted by Crippen LogP contribution is 2.40. The average Bonchev–Trinajstić information content (AvgIpc) is 3.00. The van der Waals surface area contributed by atoms with Gasteiger partial charge in [-0.15, -0.1) is 0 Å². The highest BCUT2D eigenvalue weighted by atomic mass is 31.2. The monoisotopic (exact) mass is 361 g/mol. The van der Waals surface area contributed by atoms with Crippen LogP contribution in [0.3, 0.4) is 0 Å². The normalized spacial score (nSPS) is 27.8. The van der Waals surface area contributed by atoms with Gasteiger partial charge >= 0.3 is 0 Å². The van der Waals surface area contributed by atoms with E-state index in [0.717, 1.165) is 10.9 Å². The van der Waals surface area contributed by atoms with Gasteiger partial charge in [-0.25, -0.2) is 4.98 Å². The first kappa shape index (κ1) is 17.0. The molecule has 14 heteroatoms. The lowest BCUT2D eigenvalue weighted by molar-refractivity contribution is -0.347. The van der Waals surface area contributed by atoms with Crippen LogP contribution in [-0.2, 0) is 13.8 Å². The summed E-state index contributed by atoms with van der Waals surface area (Å²) in [4.78, 5) is 43.5. The van der Waals surface area contributed by atoms with E-state index in [2.05, 4.69) is 19.5 Å². The first-order valence-corrected chi connectivity index (χ1v) is 8.04. The molecule has 24 heavy (non-hydrogen) atoms. The van der Waals surface area contributed by atoms with E-state index in [-0.39, 0.29) is 17.1 Å². The number of aromatic amines is 1. The van der Waals surface area contributed by atoms with Crippen LogP contribution in [0.25, 0.3) is 11.2 Å². The van der Waals surface area contributed by atoms with Crippen molar-refractivity contribution in [1.82, 2.24) is 19.5 Å². The molecule has 0 radical (unpaired) electrons. The van der Waals surface area contributed by atoms with Crippen molar-refractivity contribution in [1.29, 1.82) is 0 Å². The van der Waals surface area contributed by atoms with E-state index in [0.29, 0.717) is 0 Å². The number of H-pyrrole nitrogens is 1. The third kappa shape index (κ3) is 2.93. The molecule has 4 atom stereocenters. The smallest absolute Gasteiger partial charge is 0.280 e. The molecule has 3 rings (SSSR count). The predicted molar refractivity (Wildman–Crippen MR) is 72.0 cm³/mol. The molecule has 0 saturated carbocycles. The maximum Gasteiger partial charge on any atom is 0.280 e. The van der Waals surface area contributed by atoms with Gasteiger partial charge in [0.2, 0.25) is 5.95 Å². The second-order valence-corrected chi connectivity index (χ2v) is 6.14. The second kappa shape index (κ2) is 5.89. The van der Waals surface area contributed by atoms with Gasteiger partial charge in [0.25, 0.3) is 5.56 Å². The Morgan fingerprint density at radius 2 is 2.25 bits per heavy atom. The summed E-state index contributed by atoms with van der Waals surface area (Å²) in [6.07, 6.45) is -4.80. The maximum absolute atomic E-state index is 11.8. The number of anilines is 1. The van der Waals surface area contributed by atoms with Crippen molar-refractivity contribution in [2.75, 3.05) is 12.3 Å². The van der Waals surface area contributed by atoms with Gasteiger partial charge < -0.3 is 39.6 Å². The number of fused-ring (bicyclic) bond motifs is 1. The van der Waals surface area contributed by atoms with Gasteiger partial charge in [0.05, 0.1) is 20.8 Å². The minimum atomic E-state index is -5.48. The first-order chi connectivity index (χ1) is 11.2. The van der Waals surface area contributed by atoms with Crippen LogP contribution in [0.5, 0.6) is 0 Å². The van der Waals surface area contributed by atoms with Crippen LogP contribution in [0.4, 0.5) is 5.95 Å². The summed E-state index contributed by atoms with van der Waals surface area (Å²) in [6, 6.07) is 0. The molecule has 132 valence electrons. The molecule has 1 aliphatic heterocycles. The molecule has 13 nitrogen and oxygen atoms in total. The van der Waals surface area contributed by atoms with Crippen LogP contribution in [0.15, 0.2) is 11.1 Å². The lowest BCUT2D eigenvalue weighted by Crippen LogP contribution is -2.37. The molecule has 2 aromatic rings. The van der Waals surface area contributed by atoms with Crippen molar-refractivity contribution < 1.29 is 33.8 Å². The van der Waals surface area contributed by atoms with Gasteiger partial charge in [0, 0.05) is 0 Å². The molecule has 0 spiro atoms. The van der Waals surface area contributed by atoms with E-state index >= 15 is 0 Å². The first-order valence-electron chi connectivity index (χ1n) is 6.58. The van der Waals surface area contributed by atoms with E-state index in [1.165, 1.54) is 0 Å². The van der Waals surface area contributed by atoms with Crippen molar-refractivity contribution in [3.8, 4) is 0 Å². The Kier molecular flexibility index (Phi) is 4.17. The van der Waals surface area contributed by atoms with Crippen LogP contribution < -0.4 is 21.1 Å². The minimum absolute atomic E-state index is 0.0766. The zero-order chi connectivity index (χ0) is 17.6. The average molecular weight is 361 g/mol. The number of aliphatic hydroxyl groups is 2. The molecule has 0 bridgehead atoms. The number of hydrogen-bond donors (Lipinski definition) is 4. The van der Waals surface area contributed by atoms with Crippen molar-refractivity contribution in [2.45, 2.75) is 24.5 Å². The van der Waals surface area contributed by atoms with Crippen molar-refractivity contribution in [2.24, 2.45) is 0 Å². The highest BCUT2D eigenvalue weighted by molar-refractivity contribution is 7.43. The Balaban J connectivity index is 2.09. The summed E-state index contributed by atoms with van der Waals surface area (Å²) >= 11 is 0. The fourth-order valence-corrected chi connectivity index (χ4v) is 3.01. The molecule has 0 amide bonds. The number of nitrogen functional groups attached to an aromatic ring is 1. The number of hydrogen-bond acceptors (Lipinski definition) is 11. The summed E-state index contributed by atoms with van der Waals surface area (Å²) in [7, 11) is -5.48. The number of aromatic nitrogens is 4. The van der Waals surface area contributed by atoms with E-state index in [9.17, 15) is 29.4 Å². The number of phosphoric ester groups is 1. The number of nitrogens with zero attached hydrogens (tertiary/aromatic N) is 3. The number of phosphoric acid groups is 1. The summed E-state index contributed by atoms with van der Waals surface area (Å²) < 4.78 is 21.7. The van der Waals surface area contributed by atoms with Gasteiger partial charge in [-0.2, -0.15) is 4.98 Å². The number of aliphatic hydroxyl groups excluding tert-OH is 2. The van der Waals surface area contributed by atoms with Crippen LogP contribution in [-0.4, -0.2) is 54.7 Å². The number of nitrogens with one attached hydrogen (secondary N) is 1. The Morgan fingerprint density at radius 1 is 1.54 bits per heavy atom. The zero-order valence-corrected chi connectivity index (χ0v) is 12.7. The summed E-state index contributed by atoms with van der Waals surface area (Å²) in [5.74, 6) is -0.234. The molecule has 1 aliphatic rings. The molecule has 0 aromatic carbocycles. The molecule has 0 unspecified atom stereocenters. The minimum Gasteiger partial charge on any atom is -0.790 e. The topological polar surface area (TPSA) is 212 Å². The summed E-state index contributed by atoms with van der Waals surface area (Å²) in [5, 5.41) is 19.2. The molecule has 0 aliphatic carbocycles. The van der Waals surface area contributed by atoms with Gasteiger partial charge in [0.15, 0.2) is 17.4 Å². The van der Waals surface area contributed by atoms with Crippen LogP contribution >= 0.6 is 7.82 Å². The van der Waals surface area contributed by atoms with Gasteiger partial charge in [-0.05, 0) is 0 Å². The molecular weight excluding hydrogens is 349 g/mol. The van der Waals surface area contributed by atoms with E-state index in [4.69, 9.17) is 10.5 Å². The fourth-order valence-electron chi connectivity index (χ4n) is 2.48. The predicted octanol–water partition coefficient (Wildman–Crippen LogP) is -3.83. The lowest BCUT2D eigenvalue weighted by atomic mass is 10.1. The molecule has 2 aromatic heterocycles. The molecule has 1 saturated heterocycles. The third-order valence-corrected chi connectivity index (χ3v) is 3.97. The number of imidazole rings is 1. The number of nitrogens with two attached hydrogens (primary N) is 1. The van der Waals surface area contributed by atoms with Crippen LogP contribution in [0.1, 0.15) is 6.23 Å². The summed E-state index contributed by atoms with van der Waals surface area (Å²) in [5.41, 5.74) is 4.61. The van der Waals surface area contributed by atoms with Crippen molar-refractivity contribution >= 4 is 24.9 Å². The van der Waals surface area contributed by atoms with E-state index < -0.39 is 44.5 Å². The quantitative estimate of drug-likeness (QED) is 0.387. The Morgan fingerprint density at radius 3 is 2.88 bits per heavy atom. The largest absolute Gasteiger partial charge is 0.790 e. The van der Waals surface area contributed by atoms with Crippen LogP contribution in [0.2, 0.25) is 0 Å². The molecule has 5 N–H and O–H groups in total. The number of rotatable bonds is 4. The zero-order valence-electron chi connectivity index (χ0n) is 11.8. The van der Waals surface area contributed by atoms with Crippen molar-refractivity contribution in [3.63, 3.8) is 0 Å². The third-order valence-electron chi connectivity index (χ3n) is 3.47. The van der Waals surface area contributed by atoms with Crippen molar-refractivity contribution in [3.05, 3.63) is 16.7 Å². The maximum atomic E-state index is 11.8. The number of ether oxygens (including phenoxy) is 1. The Labute approximate surface area is 132 Å². The fraction of sp³-hybridized carbons (Fsp3) is 0.500. The van der Waals surface area contributed by atoms with E-state index in [1.54, 1.807) is 0 Å². The SMILES string of the molecule is Nc1nc2c(ncn2[C@@H]2O[C@H](CO)[C@@H](O)[C@H]2OP(=O)([O-])[O-])c(=O)[nH]1. The molecular formula is C10H12N5O8P-2. The summed E-state index contributed by atoms with van der Waals surface area (Å²) in [6.45, 7) is -0.664.